The fourth-order valence-corrected chi connectivity index (χ4v) is 3.80. The molecule has 0 aliphatic heterocycles. The largest absolute Gasteiger partial charge is 0.224 e. The highest BCUT2D eigenvalue weighted by molar-refractivity contribution is 7.91. The molecule has 1 aromatic carbocycles. The van der Waals surface area contributed by atoms with Gasteiger partial charge in [-0.15, -0.1) is 0 Å². The third-order valence-corrected chi connectivity index (χ3v) is 4.71. The molecule has 8 heteroatoms. The van der Waals surface area contributed by atoms with E-state index in [9.17, 15) is 8.42 Å². The van der Waals surface area contributed by atoms with Gasteiger partial charge in [0.25, 0.3) is 0 Å². The van der Waals surface area contributed by atoms with Gasteiger partial charge in [-0.2, -0.15) is 0 Å². The summed E-state index contributed by atoms with van der Waals surface area (Å²) in [5.74, 6) is -0.157. The Morgan fingerprint density at radius 2 is 1.88 bits per heavy atom. The van der Waals surface area contributed by atoms with Gasteiger partial charge in [0.05, 0.1) is 15.8 Å². The Hall–Kier alpha value is -0.940. The molecule has 0 N–H and O–H groups in total. The van der Waals surface area contributed by atoms with E-state index >= 15 is 0 Å². The van der Waals surface area contributed by atoms with Gasteiger partial charge in [-0.05, 0) is 24.1 Å². The lowest BCUT2D eigenvalue weighted by Crippen LogP contribution is -2.09. The summed E-state index contributed by atoms with van der Waals surface area (Å²) < 4.78 is 23.9. The molecule has 0 radical (unpaired) electrons. The van der Waals surface area contributed by atoms with E-state index in [1.54, 1.807) is 6.07 Å². The molecule has 0 aromatic heterocycles. The fraction of sp³-hybridized carbons (Fsp3) is 0.333. The lowest BCUT2D eigenvalue weighted by Gasteiger charge is -2.07. The van der Waals surface area contributed by atoms with Crippen molar-refractivity contribution < 1.29 is 8.42 Å². The van der Waals surface area contributed by atoms with Gasteiger partial charge in [0, 0.05) is 11.5 Å². The van der Waals surface area contributed by atoms with E-state index in [2.05, 4.69) is 10.0 Å². The molecule has 0 saturated heterocycles. The molecule has 17 heavy (non-hydrogen) atoms. The van der Waals surface area contributed by atoms with Crippen LogP contribution in [0.4, 0.5) is 0 Å². The number of hydrogen-bond acceptors (Lipinski definition) is 3. The average molecular weight is 294 g/mol. The van der Waals surface area contributed by atoms with Crippen molar-refractivity contribution in [2.24, 2.45) is 5.11 Å². The molecule has 0 fully saturated rings. The third-order valence-electron chi connectivity index (χ3n) is 1.96. The van der Waals surface area contributed by atoms with Crippen LogP contribution >= 0.6 is 23.2 Å². The molecular weight excluding hydrogens is 285 g/mol. The van der Waals surface area contributed by atoms with Crippen molar-refractivity contribution in [1.29, 1.82) is 0 Å². The van der Waals surface area contributed by atoms with Gasteiger partial charge in [-0.1, -0.05) is 34.4 Å². The number of azide groups is 1. The van der Waals surface area contributed by atoms with Crippen molar-refractivity contribution >= 4 is 33.0 Å². The predicted octanol–water partition coefficient (Wildman–Crippen LogP) is 3.47. The van der Waals surface area contributed by atoms with Gasteiger partial charge < -0.3 is 0 Å². The average Bonchev–Trinajstić information content (AvgIpc) is 2.24. The van der Waals surface area contributed by atoms with Crippen LogP contribution in [0.1, 0.15) is 6.42 Å². The molecule has 1 aromatic rings. The summed E-state index contributed by atoms with van der Waals surface area (Å²) in [6.07, 6.45) is 0.230. The number of nitrogens with zero attached hydrogens (tertiary/aromatic N) is 3. The van der Waals surface area contributed by atoms with Crippen LogP contribution in [-0.2, 0) is 9.84 Å². The highest BCUT2D eigenvalue weighted by atomic mass is 35.5. The topological polar surface area (TPSA) is 82.9 Å². The second-order valence-electron chi connectivity index (χ2n) is 3.18. The van der Waals surface area contributed by atoms with Crippen molar-refractivity contribution in [3.63, 3.8) is 0 Å². The zero-order valence-corrected chi connectivity index (χ0v) is 11.0. The first-order valence-electron chi connectivity index (χ1n) is 4.66. The number of hydrogen-bond donors (Lipinski definition) is 0. The minimum Gasteiger partial charge on any atom is -0.224 e. The van der Waals surface area contributed by atoms with Crippen LogP contribution in [0.5, 0.6) is 0 Å². The van der Waals surface area contributed by atoms with Crippen molar-refractivity contribution in [3.05, 3.63) is 38.7 Å². The third kappa shape index (κ3) is 3.78. The van der Waals surface area contributed by atoms with Gasteiger partial charge >= 0.3 is 0 Å². The molecule has 0 aliphatic carbocycles. The summed E-state index contributed by atoms with van der Waals surface area (Å²) in [6, 6.07) is 4.51. The maximum atomic E-state index is 11.9. The lowest BCUT2D eigenvalue weighted by molar-refractivity contribution is 0.593. The Labute approximate surface area is 109 Å². The van der Waals surface area contributed by atoms with Crippen LogP contribution in [0, 0.1) is 0 Å². The zero-order valence-electron chi connectivity index (χ0n) is 8.68. The Balaban J connectivity index is 2.94. The molecule has 0 bridgehead atoms. The molecule has 0 amide bonds. The van der Waals surface area contributed by atoms with Gasteiger partial charge in [-0.3, -0.25) is 0 Å². The van der Waals surface area contributed by atoms with E-state index < -0.39 is 9.84 Å². The molecule has 0 aliphatic rings. The van der Waals surface area contributed by atoms with E-state index in [0.29, 0.717) is 0 Å². The summed E-state index contributed by atoms with van der Waals surface area (Å²) in [4.78, 5) is 2.48. The summed E-state index contributed by atoms with van der Waals surface area (Å²) in [5.41, 5.74) is 8.07. The van der Waals surface area contributed by atoms with Crippen molar-refractivity contribution in [2.75, 3.05) is 12.3 Å². The normalized spacial score (nSPS) is 10.9. The molecule has 0 spiro atoms. The molecular formula is C9H9Cl2N3O2S. The van der Waals surface area contributed by atoms with E-state index in [1.807, 2.05) is 0 Å². The summed E-state index contributed by atoms with van der Waals surface area (Å²) >= 11 is 11.6. The first kappa shape index (κ1) is 14.1. The maximum Gasteiger partial charge on any atom is 0.181 e. The predicted molar refractivity (Wildman–Crippen MR) is 67.1 cm³/mol. The highest BCUT2D eigenvalue weighted by Gasteiger charge is 2.20. The standard InChI is InChI=1S/C9H9Cl2N3O2S/c10-7-3-1-4-8(11)9(7)17(15,16)6-2-5-13-14-12/h1,3-4H,2,5-6H2. The van der Waals surface area contributed by atoms with E-state index in [-0.39, 0.29) is 33.7 Å². The molecule has 0 atom stereocenters. The molecule has 5 nitrogen and oxygen atoms in total. The summed E-state index contributed by atoms with van der Waals surface area (Å²) in [5, 5.41) is 3.46. The van der Waals surface area contributed by atoms with Crippen molar-refractivity contribution in [1.82, 2.24) is 0 Å². The van der Waals surface area contributed by atoms with Crippen LogP contribution in [-0.4, -0.2) is 20.7 Å². The first-order chi connectivity index (χ1) is 7.99. The van der Waals surface area contributed by atoms with Crippen LogP contribution in [0.2, 0.25) is 10.0 Å². The van der Waals surface area contributed by atoms with Gasteiger partial charge in [0.2, 0.25) is 0 Å². The Kier molecular flexibility index (Phi) is 5.08. The van der Waals surface area contributed by atoms with E-state index in [1.165, 1.54) is 12.1 Å². The summed E-state index contributed by atoms with van der Waals surface area (Å²) in [7, 11) is -3.55. The lowest BCUT2D eigenvalue weighted by atomic mass is 10.4. The molecule has 92 valence electrons. The molecule has 0 heterocycles. The van der Waals surface area contributed by atoms with Crippen LogP contribution in [0.3, 0.4) is 0 Å². The number of halogens is 2. The molecule has 1 rings (SSSR count). The van der Waals surface area contributed by atoms with Crippen LogP contribution in [0.15, 0.2) is 28.2 Å². The first-order valence-corrected chi connectivity index (χ1v) is 7.07. The number of sulfone groups is 1. The Bertz CT molecular complexity index is 533. The molecule has 0 saturated carbocycles. The van der Waals surface area contributed by atoms with Crippen LogP contribution in [0.25, 0.3) is 10.4 Å². The second kappa shape index (κ2) is 6.12. The Morgan fingerprint density at radius 1 is 1.29 bits per heavy atom. The molecule has 0 unspecified atom stereocenters. The minimum absolute atomic E-state index is 0.0655. The van der Waals surface area contributed by atoms with E-state index in [4.69, 9.17) is 28.7 Å². The highest BCUT2D eigenvalue weighted by Crippen LogP contribution is 2.30. The number of benzene rings is 1. The zero-order chi connectivity index (χ0) is 12.9. The van der Waals surface area contributed by atoms with Crippen molar-refractivity contribution in [2.45, 2.75) is 11.3 Å². The SMILES string of the molecule is [N-]=[N+]=NCCCS(=O)(=O)c1c(Cl)cccc1Cl. The second-order valence-corrected chi connectivity index (χ2v) is 6.04. The quantitative estimate of drug-likeness (QED) is 0.360. The maximum absolute atomic E-state index is 11.9. The van der Waals surface area contributed by atoms with E-state index in [0.717, 1.165) is 0 Å². The summed E-state index contributed by atoms with van der Waals surface area (Å²) in [6.45, 7) is 0.123. The fourth-order valence-electron chi connectivity index (χ4n) is 1.25. The number of rotatable bonds is 5. The van der Waals surface area contributed by atoms with Gasteiger partial charge in [0.15, 0.2) is 9.84 Å². The minimum atomic E-state index is -3.55. The monoisotopic (exact) mass is 293 g/mol. The van der Waals surface area contributed by atoms with Gasteiger partial charge in [0.1, 0.15) is 4.90 Å². The van der Waals surface area contributed by atoms with Crippen LogP contribution < -0.4 is 0 Å². The van der Waals surface area contributed by atoms with Crippen molar-refractivity contribution in [3.8, 4) is 0 Å². The Morgan fingerprint density at radius 3 is 2.41 bits per heavy atom. The van der Waals surface area contributed by atoms with Gasteiger partial charge in [-0.25, -0.2) is 8.42 Å². The smallest absolute Gasteiger partial charge is 0.181 e.